The minimum atomic E-state index is -4.60. The highest BCUT2D eigenvalue weighted by molar-refractivity contribution is 5.95. The van der Waals surface area contributed by atoms with Gasteiger partial charge in [-0.1, -0.05) is 26.0 Å². The van der Waals surface area contributed by atoms with Crippen LogP contribution in [0.3, 0.4) is 0 Å². The number of hydrogen-bond donors (Lipinski definition) is 2. The van der Waals surface area contributed by atoms with E-state index in [0.29, 0.717) is 17.8 Å². The molecular formula is C24H29F3N2O4. The second-order valence-electron chi connectivity index (χ2n) is 8.77. The normalized spacial score (nSPS) is 23.2. The van der Waals surface area contributed by atoms with E-state index in [9.17, 15) is 23.1 Å². The lowest BCUT2D eigenvalue weighted by Crippen LogP contribution is -2.33. The Bertz CT molecular complexity index is 992. The van der Waals surface area contributed by atoms with Crippen LogP contribution in [0, 0.1) is 5.92 Å². The fourth-order valence-electron chi connectivity index (χ4n) is 4.22. The monoisotopic (exact) mass is 466 g/mol. The number of amides is 1. The van der Waals surface area contributed by atoms with Crippen LogP contribution in [0.1, 0.15) is 63.0 Å². The van der Waals surface area contributed by atoms with Crippen LogP contribution in [0.5, 0.6) is 5.75 Å². The van der Waals surface area contributed by atoms with Crippen molar-refractivity contribution in [2.45, 2.75) is 64.0 Å². The van der Waals surface area contributed by atoms with E-state index < -0.39 is 41.4 Å². The number of carbonyl (C=O) groups excluding carboxylic acids is 1. The molecule has 9 heteroatoms. The zero-order chi connectivity index (χ0) is 24.6. The van der Waals surface area contributed by atoms with Gasteiger partial charge in [-0.15, -0.1) is 0 Å². The molecule has 0 aliphatic carbocycles. The van der Waals surface area contributed by atoms with Gasteiger partial charge in [0.05, 0.1) is 42.0 Å². The van der Waals surface area contributed by atoms with Crippen LogP contribution in [0.4, 0.5) is 18.9 Å². The van der Waals surface area contributed by atoms with Crippen molar-refractivity contribution in [1.82, 2.24) is 4.98 Å². The number of anilines is 1. The number of hydrogen-bond acceptors (Lipinski definition) is 5. The Morgan fingerprint density at radius 3 is 2.55 bits per heavy atom. The van der Waals surface area contributed by atoms with Crippen molar-refractivity contribution < 1.29 is 32.5 Å². The highest BCUT2D eigenvalue weighted by Gasteiger charge is 2.52. The third kappa shape index (κ3) is 4.99. The standard InChI is InChI=1S/C24H29F3N2O4/c1-6-18(30)17-11-10-14(12-28-17)29-22(31)21-19(13(2)23(3,4)33-21)15-8-7-9-16(20(15)32-5)24(25,26)27/h7-13,18-19,21,30H,6H2,1-5H3,(H,29,31)/t13-,18+,19-,21+/m1/s1. The fraction of sp³-hybridized carbons (Fsp3) is 0.500. The third-order valence-electron chi connectivity index (χ3n) is 6.35. The summed E-state index contributed by atoms with van der Waals surface area (Å²) in [6.45, 7) is 7.28. The third-order valence-corrected chi connectivity index (χ3v) is 6.35. The molecular weight excluding hydrogens is 437 g/mol. The number of benzene rings is 1. The lowest BCUT2D eigenvalue weighted by atomic mass is 9.77. The molecule has 2 N–H and O–H groups in total. The molecule has 1 amide bonds. The van der Waals surface area contributed by atoms with Gasteiger partial charge in [0.1, 0.15) is 11.9 Å². The van der Waals surface area contributed by atoms with E-state index >= 15 is 0 Å². The predicted molar refractivity (Wildman–Crippen MR) is 117 cm³/mol. The molecule has 0 radical (unpaired) electrons. The van der Waals surface area contributed by atoms with Crippen molar-refractivity contribution in [3.63, 3.8) is 0 Å². The summed E-state index contributed by atoms with van der Waals surface area (Å²) in [6.07, 6.45) is -4.42. The number of methoxy groups -OCH3 is 1. The van der Waals surface area contributed by atoms with E-state index in [1.807, 2.05) is 13.8 Å². The van der Waals surface area contributed by atoms with Crippen LogP contribution in [-0.4, -0.2) is 34.8 Å². The molecule has 2 heterocycles. The molecule has 180 valence electrons. The second-order valence-corrected chi connectivity index (χ2v) is 8.77. The maximum absolute atomic E-state index is 13.6. The van der Waals surface area contributed by atoms with Gasteiger partial charge < -0.3 is 19.9 Å². The van der Waals surface area contributed by atoms with Gasteiger partial charge in [-0.25, -0.2) is 0 Å². The van der Waals surface area contributed by atoms with E-state index in [-0.39, 0.29) is 17.2 Å². The Hall–Kier alpha value is -2.65. The summed E-state index contributed by atoms with van der Waals surface area (Å²) >= 11 is 0. The summed E-state index contributed by atoms with van der Waals surface area (Å²) in [6, 6.07) is 7.04. The highest BCUT2D eigenvalue weighted by Crippen LogP contribution is 2.50. The quantitative estimate of drug-likeness (QED) is 0.620. The Labute approximate surface area is 191 Å². The summed E-state index contributed by atoms with van der Waals surface area (Å²) in [5.41, 5.74) is -0.520. The van der Waals surface area contributed by atoms with Gasteiger partial charge in [-0.05, 0) is 44.4 Å². The number of nitrogens with one attached hydrogen (secondary N) is 1. The molecule has 6 nitrogen and oxygen atoms in total. The van der Waals surface area contributed by atoms with Crippen LogP contribution >= 0.6 is 0 Å². The molecule has 1 fully saturated rings. The first-order valence-corrected chi connectivity index (χ1v) is 10.8. The van der Waals surface area contributed by atoms with Crippen molar-refractivity contribution >= 4 is 11.6 Å². The van der Waals surface area contributed by atoms with Gasteiger partial charge in [0.15, 0.2) is 0 Å². The number of ether oxygens (including phenoxy) is 2. The molecule has 0 bridgehead atoms. The minimum absolute atomic E-state index is 0.269. The Balaban J connectivity index is 1.96. The summed E-state index contributed by atoms with van der Waals surface area (Å²) in [5.74, 6) is -1.76. The molecule has 1 aliphatic rings. The van der Waals surface area contributed by atoms with Crippen LogP contribution < -0.4 is 10.1 Å². The molecule has 4 atom stereocenters. The molecule has 0 saturated carbocycles. The van der Waals surface area contributed by atoms with E-state index in [4.69, 9.17) is 9.47 Å². The van der Waals surface area contributed by atoms with Crippen molar-refractivity contribution in [3.8, 4) is 5.75 Å². The number of rotatable bonds is 6. The van der Waals surface area contributed by atoms with Crippen molar-refractivity contribution in [3.05, 3.63) is 53.3 Å². The number of pyridine rings is 1. The minimum Gasteiger partial charge on any atom is -0.496 e. The summed E-state index contributed by atoms with van der Waals surface area (Å²) < 4.78 is 52.0. The number of aliphatic hydroxyl groups is 1. The van der Waals surface area contributed by atoms with Crippen molar-refractivity contribution in [2.24, 2.45) is 5.92 Å². The Kier molecular flexibility index (Phi) is 7.04. The number of aliphatic hydroxyl groups excluding tert-OH is 1. The van der Waals surface area contributed by atoms with Gasteiger partial charge in [0.25, 0.3) is 5.91 Å². The summed E-state index contributed by atoms with van der Waals surface area (Å²) in [7, 11) is 1.19. The molecule has 3 rings (SSSR count). The maximum atomic E-state index is 13.6. The van der Waals surface area contributed by atoms with E-state index in [1.54, 1.807) is 32.0 Å². The Morgan fingerprint density at radius 2 is 2.00 bits per heavy atom. The molecule has 0 unspecified atom stereocenters. The molecule has 0 spiro atoms. The predicted octanol–water partition coefficient (Wildman–Crippen LogP) is 5.09. The van der Waals surface area contributed by atoms with Crippen LogP contribution in [-0.2, 0) is 15.7 Å². The number of aromatic nitrogens is 1. The summed E-state index contributed by atoms with van der Waals surface area (Å²) in [4.78, 5) is 17.4. The first-order chi connectivity index (χ1) is 15.4. The van der Waals surface area contributed by atoms with E-state index in [1.165, 1.54) is 19.4 Å². The van der Waals surface area contributed by atoms with Crippen molar-refractivity contribution in [2.75, 3.05) is 12.4 Å². The van der Waals surface area contributed by atoms with Gasteiger partial charge in [0, 0.05) is 11.5 Å². The maximum Gasteiger partial charge on any atom is 0.419 e. The SMILES string of the molecule is CC[C@H](O)c1ccc(NC(=O)[C@H]2OC(C)(C)[C@H](C)[C@@H]2c2cccc(C(F)(F)F)c2OC)cn1. The van der Waals surface area contributed by atoms with Crippen molar-refractivity contribution in [1.29, 1.82) is 0 Å². The van der Waals surface area contributed by atoms with Crippen LogP contribution in [0.25, 0.3) is 0 Å². The zero-order valence-corrected chi connectivity index (χ0v) is 19.2. The highest BCUT2D eigenvalue weighted by atomic mass is 19.4. The topological polar surface area (TPSA) is 80.7 Å². The largest absolute Gasteiger partial charge is 0.496 e. The first kappa shape index (κ1) is 25.0. The molecule has 2 aromatic rings. The smallest absolute Gasteiger partial charge is 0.419 e. The number of para-hydroxylation sites is 1. The molecule has 1 aliphatic heterocycles. The lowest BCUT2D eigenvalue weighted by molar-refractivity contribution is -0.138. The van der Waals surface area contributed by atoms with E-state index in [2.05, 4.69) is 10.3 Å². The van der Waals surface area contributed by atoms with E-state index in [0.717, 1.165) is 6.07 Å². The van der Waals surface area contributed by atoms with Gasteiger partial charge in [0.2, 0.25) is 0 Å². The number of halogens is 3. The van der Waals surface area contributed by atoms with Crippen LogP contribution in [0.2, 0.25) is 0 Å². The molecule has 1 aromatic heterocycles. The number of nitrogens with zero attached hydrogens (tertiary/aromatic N) is 1. The molecule has 1 aromatic carbocycles. The van der Waals surface area contributed by atoms with Gasteiger partial charge in [-0.2, -0.15) is 13.2 Å². The number of alkyl halides is 3. The second kappa shape index (κ2) is 9.30. The fourth-order valence-corrected chi connectivity index (χ4v) is 4.22. The molecule has 1 saturated heterocycles. The summed E-state index contributed by atoms with van der Waals surface area (Å²) in [5, 5.41) is 12.6. The van der Waals surface area contributed by atoms with Gasteiger partial charge >= 0.3 is 6.18 Å². The van der Waals surface area contributed by atoms with Crippen LogP contribution in [0.15, 0.2) is 36.5 Å². The van der Waals surface area contributed by atoms with Gasteiger partial charge in [-0.3, -0.25) is 9.78 Å². The lowest BCUT2D eigenvalue weighted by Gasteiger charge is -2.26. The zero-order valence-electron chi connectivity index (χ0n) is 19.2. The average Bonchev–Trinajstić information content (AvgIpc) is 3.01. The first-order valence-electron chi connectivity index (χ1n) is 10.8. The number of carbonyl (C=O) groups is 1. The average molecular weight is 467 g/mol. The Morgan fingerprint density at radius 1 is 1.30 bits per heavy atom. The molecule has 33 heavy (non-hydrogen) atoms.